The van der Waals surface area contributed by atoms with Gasteiger partial charge in [0.2, 0.25) is 0 Å². The van der Waals surface area contributed by atoms with Gasteiger partial charge in [0.05, 0.1) is 12.1 Å². The molecule has 0 aliphatic rings. The number of nitrogens with zero attached hydrogens (tertiary/aromatic N) is 3. The lowest BCUT2D eigenvalue weighted by atomic mass is 10.1. The monoisotopic (exact) mass is 397 g/mol. The maximum atomic E-state index is 9.50. The van der Waals surface area contributed by atoms with Gasteiger partial charge in [0, 0.05) is 15.2 Å². The van der Waals surface area contributed by atoms with Gasteiger partial charge in [-0.05, 0) is 52.4 Å². The van der Waals surface area contributed by atoms with E-state index < -0.39 is 6.29 Å². The number of pyridine rings is 1. The summed E-state index contributed by atoms with van der Waals surface area (Å²) in [4.78, 5) is 4.26. The van der Waals surface area contributed by atoms with Crippen molar-refractivity contribution >= 4 is 33.5 Å². The van der Waals surface area contributed by atoms with Crippen molar-refractivity contribution in [2.75, 3.05) is 0 Å². The molecule has 0 unspecified atom stereocenters. The van der Waals surface area contributed by atoms with Crippen LogP contribution in [-0.4, -0.2) is 30.1 Å². The Labute approximate surface area is 133 Å². The SMILES string of the molecule is OCc1ccc2c(c1)c(C(O)O)nn2-c1cc(I)ccn1. The fraction of sp³-hybridized carbons (Fsp3) is 0.143. The van der Waals surface area contributed by atoms with Crippen molar-refractivity contribution in [1.82, 2.24) is 14.8 Å². The van der Waals surface area contributed by atoms with Crippen molar-refractivity contribution in [3.63, 3.8) is 0 Å². The van der Waals surface area contributed by atoms with E-state index in [2.05, 4.69) is 32.7 Å². The van der Waals surface area contributed by atoms with E-state index in [1.54, 1.807) is 29.1 Å². The van der Waals surface area contributed by atoms with Gasteiger partial charge in [-0.2, -0.15) is 5.10 Å². The van der Waals surface area contributed by atoms with Crippen LogP contribution in [0.4, 0.5) is 0 Å². The van der Waals surface area contributed by atoms with Gasteiger partial charge in [-0.3, -0.25) is 0 Å². The van der Waals surface area contributed by atoms with Crippen LogP contribution in [0.15, 0.2) is 36.5 Å². The minimum atomic E-state index is -1.69. The van der Waals surface area contributed by atoms with Crippen LogP contribution in [0, 0.1) is 3.57 Å². The molecule has 0 saturated carbocycles. The molecule has 3 aromatic rings. The van der Waals surface area contributed by atoms with E-state index in [4.69, 9.17) is 0 Å². The predicted molar refractivity (Wildman–Crippen MR) is 84.7 cm³/mol. The van der Waals surface area contributed by atoms with Gasteiger partial charge in [0.15, 0.2) is 12.1 Å². The van der Waals surface area contributed by atoms with E-state index in [0.29, 0.717) is 22.3 Å². The quantitative estimate of drug-likeness (QED) is 0.461. The van der Waals surface area contributed by atoms with Crippen molar-refractivity contribution < 1.29 is 15.3 Å². The molecule has 0 radical (unpaired) electrons. The highest BCUT2D eigenvalue weighted by Crippen LogP contribution is 2.26. The second-order valence-corrected chi connectivity index (χ2v) is 5.76. The van der Waals surface area contributed by atoms with Crippen molar-refractivity contribution in [3.8, 4) is 5.82 Å². The van der Waals surface area contributed by atoms with Crippen LogP contribution in [0.5, 0.6) is 0 Å². The van der Waals surface area contributed by atoms with Crippen LogP contribution in [0.1, 0.15) is 17.5 Å². The van der Waals surface area contributed by atoms with Crippen molar-refractivity contribution in [1.29, 1.82) is 0 Å². The summed E-state index contributed by atoms with van der Waals surface area (Å²) in [5, 5.41) is 33.0. The van der Waals surface area contributed by atoms with Gasteiger partial charge in [-0.1, -0.05) is 6.07 Å². The van der Waals surface area contributed by atoms with Gasteiger partial charge in [0.25, 0.3) is 0 Å². The van der Waals surface area contributed by atoms with Gasteiger partial charge in [-0.25, -0.2) is 9.67 Å². The van der Waals surface area contributed by atoms with Gasteiger partial charge in [0.1, 0.15) is 5.69 Å². The molecular formula is C14H12IN3O3. The first-order chi connectivity index (χ1) is 10.1. The van der Waals surface area contributed by atoms with Crippen LogP contribution in [0.2, 0.25) is 0 Å². The zero-order valence-corrected chi connectivity index (χ0v) is 13.0. The lowest BCUT2D eigenvalue weighted by Gasteiger charge is -2.03. The number of hydrogen-bond donors (Lipinski definition) is 3. The molecule has 2 aromatic heterocycles. The first kappa shape index (κ1) is 14.4. The summed E-state index contributed by atoms with van der Waals surface area (Å²) in [6, 6.07) is 8.95. The summed E-state index contributed by atoms with van der Waals surface area (Å²) >= 11 is 2.17. The highest BCUT2D eigenvalue weighted by atomic mass is 127. The maximum Gasteiger partial charge on any atom is 0.198 e. The Morgan fingerprint density at radius 1 is 1.19 bits per heavy atom. The fourth-order valence-electron chi connectivity index (χ4n) is 2.16. The van der Waals surface area contributed by atoms with Gasteiger partial charge in [-0.15, -0.1) is 0 Å². The first-order valence-electron chi connectivity index (χ1n) is 6.20. The molecule has 0 atom stereocenters. The molecule has 3 rings (SSSR count). The Morgan fingerprint density at radius 2 is 2.00 bits per heavy atom. The maximum absolute atomic E-state index is 9.50. The average Bonchev–Trinajstić information content (AvgIpc) is 2.86. The van der Waals surface area contributed by atoms with E-state index in [1.807, 2.05) is 12.1 Å². The zero-order valence-electron chi connectivity index (χ0n) is 10.8. The molecule has 21 heavy (non-hydrogen) atoms. The van der Waals surface area contributed by atoms with Crippen molar-refractivity contribution in [2.45, 2.75) is 12.9 Å². The van der Waals surface area contributed by atoms with Crippen LogP contribution in [0.3, 0.4) is 0 Å². The van der Waals surface area contributed by atoms with E-state index in [0.717, 1.165) is 3.57 Å². The van der Waals surface area contributed by atoms with Crippen LogP contribution in [-0.2, 0) is 6.61 Å². The lowest BCUT2D eigenvalue weighted by molar-refractivity contribution is -0.0449. The zero-order chi connectivity index (χ0) is 15.0. The number of fused-ring (bicyclic) bond motifs is 1. The van der Waals surface area contributed by atoms with Crippen LogP contribution >= 0.6 is 22.6 Å². The molecule has 0 spiro atoms. The first-order valence-corrected chi connectivity index (χ1v) is 7.28. The van der Waals surface area contributed by atoms with Crippen molar-refractivity contribution in [2.24, 2.45) is 0 Å². The van der Waals surface area contributed by atoms with Gasteiger partial charge >= 0.3 is 0 Å². The second-order valence-electron chi connectivity index (χ2n) is 4.51. The summed E-state index contributed by atoms with van der Waals surface area (Å²) in [5.41, 5.74) is 1.52. The summed E-state index contributed by atoms with van der Waals surface area (Å²) in [5.74, 6) is 0.593. The highest BCUT2D eigenvalue weighted by Gasteiger charge is 2.17. The molecule has 0 aliphatic heterocycles. The normalized spacial score (nSPS) is 11.5. The Hall–Kier alpha value is -1.55. The lowest BCUT2D eigenvalue weighted by Crippen LogP contribution is -2.02. The number of rotatable bonds is 3. The van der Waals surface area contributed by atoms with E-state index in [-0.39, 0.29) is 12.3 Å². The third kappa shape index (κ3) is 2.64. The molecular weight excluding hydrogens is 385 g/mol. The molecule has 0 fully saturated rings. The standard InChI is InChI=1S/C14H12IN3O3/c15-9-3-4-16-12(6-9)18-11-2-1-8(7-19)5-10(11)13(17-18)14(20)21/h1-6,14,19-21H,7H2. The molecule has 0 saturated heterocycles. The summed E-state index contributed by atoms with van der Waals surface area (Å²) in [7, 11) is 0. The number of hydrogen-bond acceptors (Lipinski definition) is 5. The van der Waals surface area contributed by atoms with E-state index in [1.165, 1.54) is 0 Å². The molecule has 0 bridgehead atoms. The number of aliphatic hydroxyl groups excluding tert-OH is 2. The number of benzene rings is 1. The second kappa shape index (κ2) is 5.68. The summed E-state index contributed by atoms with van der Waals surface area (Å²) in [6.07, 6.45) is -0.0210. The minimum Gasteiger partial charge on any atom is -0.392 e. The Kier molecular flexibility index (Phi) is 3.89. The predicted octanol–water partition coefficient (Wildman–Crippen LogP) is 1.50. The molecule has 2 heterocycles. The summed E-state index contributed by atoms with van der Waals surface area (Å²) < 4.78 is 2.56. The van der Waals surface area contributed by atoms with Crippen LogP contribution < -0.4 is 0 Å². The smallest absolute Gasteiger partial charge is 0.198 e. The average molecular weight is 397 g/mol. The minimum absolute atomic E-state index is 0.121. The number of aliphatic hydroxyl groups is 3. The third-order valence-electron chi connectivity index (χ3n) is 3.12. The van der Waals surface area contributed by atoms with Crippen LogP contribution in [0.25, 0.3) is 16.7 Å². The van der Waals surface area contributed by atoms with E-state index >= 15 is 0 Å². The fourth-order valence-corrected chi connectivity index (χ4v) is 2.60. The molecule has 6 nitrogen and oxygen atoms in total. The Bertz CT molecular complexity index is 801. The molecule has 3 N–H and O–H groups in total. The Balaban J connectivity index is 2.28. The van der Waals surface area contributed by atoms with E-state index in [9.17, 15) is 15.3 Å². The molecule has 0 aliphatic carbocycles. The summed E-state index contributed by atoms with van der Waals surface area (Å²) in [6.45, 7) is -0.121. The molecule has 7 heteroatoms. The van der Waals surface area contributed by atoms with Crippen molar-refractivity contribution in [3.05, 3.63) is 51.4 Å². The van der Waals surface area contributed by atoms with Gasteiger partial charge < -0.3 is 15.3 Å². The largest absolute Gasteiger partial charge is 0.392 e. The topological polar surface area (TPSA) is 91.4 Å². The molecule has 108 valence electrons. The Morgan fingerprint density at radius 3 is 2.67 bits per heavy atom. The highest BCUT2D eigenvalue weighted by molar-refractivity contribution is 14.1. The number of halogens is 1. The third-order valence-corrected chi connectivity index (χ3v) is 3.80. The number of aromatic nitrogens is 3. The molecule has 1 aromatic carbocycles. The molecule has 0 amide bonds.